The van der Waals surface area contributed by atoms with Crippen molar-refractivity contribution in [2.24, 2.45) is 0 Å². The van der Waals surface area contributed by atoms with E-state index in [4.69, 9.17) is 0 Å². The molecular formula is C16H15F2NOS2. The molecule has 0 radical (unpaired) electrons. The number of benzene rings is 1. The van der Waals surface area contributed by atoms with Gasteiger partial charge in [0.05, 0.1) is 4.88 Å². The van der Waals surface area contributed by atoms with E-state index in [-0.39, 0.29) is 17.0 Å². The Bertz CT molecular complexity index is 660. The summed E-state index contributed by atoms with van der Waals surface area (Å²) >= 11 is 3.01. The summed E-state index contributed by atoms with van der Waals surface area (Å²) in [5.74, 6) is -0.0572. The summed E-state index contributed by atoms with van der Waals surface area (Å²) in [6, 6.07) is 7.24. The van der Waals surface area contributed by atoms with E-state index in [1.54, 1.807) is 16.7 Å². The Morgan fingerprint density at radius 2 is 2.09 bits per heavy atom. The molecule has 22 heavy (non-hydrogen) atoms. The Balaban J connectivity index is 1.72. The average molecular weight is 339 g/mol. The zero-order valence-corrected chi connectivity index (χ0v) is 13.4. The summed E-state index contributed by atoms with van der Waals surface area (Å²) in [5, 5.41) is 1.77. The first-order valence-electron chi connectivity index (χ1n) is 7.04. The van der Waals surface area contributed by atoms with Crippen LogP contribution in [0.3, 0.4) is 0 Å². The number of hydrogen-bond acceptors (Lipinski definition) is 3. The van der Waals surface area contributed by atoms with Crippen molar-refractivity contribution in [3.8, 4) is 0 Å². The summed E-state index contributed by atoms with van der Waals surface area (Å²) in [4.78, 5) is 14.9. The van der Waals surface area contributed by atoms with Gasteiger partial charge in [0.1, 0.15) is 11.6 Å². The van der Waals surface area contributed by atoms with Crippen LogP contribution in [0.25, 0.3) is 0 Å². The zero-order valence-electron chi connectivity index (χ0n) is 11.8. The van der Waals surface area contributed by atoms with E-state index in [2.05, 4.69) is 0 Å². The SMILES string of the molecule is O=C(c1cccs1)N1CCSC(c2cc(F)ccc2F)CC1. The van der Waals surface area contributed by atoms with Crippen LogP contribution in [0.2, 0.25) is 0 Å². The number of hydrogen-bond donors (Lipinski definition) is 0. The van der Waals surface area contributed by atoms with Gasteiger partial charge in [0, 0.05) is 29.7 Å². The van der Waals surface area contributed by atoms with E-state index in [0.29, 0.717) is 25.1 Å². The van der Waals surface area contributed by atoms with Crippen molar-refractivity contribution in [1.29, 1.82) is 0 Å². The average Bonchev–Trinajstić information content (AvgIpc) is 2.94. The number of thiophene rings is 1. The number of nitrogens with zero attached hydrogens (tertiary/aromatic N) is 1. The Labute approximate surface area is 136 Å². The highest BCUT2D eigenvalue weighted by Crippen LogP contribution is 2.36. The molecule has 0 N–H and O–H groups in total. The highest BCUT2D eigenvalue weighted by atomic mass is 32.2. The molecule has 0 saturated carbocycles. The lowest BCUT2D eigenvalue weighted by Crippen LogP contribution is -2.32. The van der Waals surface area contributed by atoms with Crippen LogP contribution in [0.15, 0.2) is 35.7 Å². The van der Waals surface area contributed by atoms with E-state index in [9.17, 15) is 13.6 Å². The highest BCUT2D eigenvalue weighted by molar-refractivity contribution is 7.99. The van der Waals surface area contributed by atoms with Crippen LogP contribution < -0.4 is 0 Å². The standard InChI is InChI=1S/C16H15F2NOS2/c17-11-3-4-13(18)12(10-11)14-5-6-19(7-9-22-14)16(20)15-2-1-8-21-15/h1-4,8,10,14H,5-7,9H2. The van der Waals surface area contributed by atoms with Crippen molar-refractivity contribution in [3.63, 3.8) is 0 Å². The summed E-state index contributed by atoms with van der Waals surface area (Å²) in [6.45, 7) is 1.19. The lowest BCUT2D eigenvalue weighted by atomic mass is 10.1. The second-order valence-corrected chi connectivity index (χ2v) is 7.34. The molecular weight excluding hydrogens is 324 g/mol. The van der Waals surface area contributed by atoms with Crippen molar-refractivity contribution in [1.82, 2.24) is 4.90 Å². The van der Waals surface area contributed by atoms with E-state index < -0.39 is 5.82 Å². The van der Waals surface area contributed by atoms with Gasteiger partial charge in [-0.05, 0) is 36.1 Å². The molecule has 0 aliphatic carbocycles. The number of thioether (sulfide) groups is 1. The van der Waals surface area contributed by atoms with Gasteiger partial charge in [0.15, 0.2) is 0 Å². The Hall–Kier alpha value is -1.40. The molecule has 1 aromatic carbocycles. The number of rotatable bonds is 2. The third kappa shape index (κ3) is 3.33. The smallest absolute Gasteiger partial charge is 0.263 e. The van der Waals surface area contributed by atoms with Crippen LogP contribution >= 0.6 is 23.1 Å². The first-order chi connectivity index (χ1) is 10.6. The number of amides is 1. The molecule has 116 valence electrons. The van der Waals surface area contributed by atoms with Gasteiger partial charge in [0.25, 0.3) is 5.91 Å². The van der Waals surface area contributed by atoms with E-state index in [1.165, 1.54) is 23.5 Å². The maximum absolute atomic E-state index is 13.9. The molecule has 1 atom stereocenters. The summed E-state index contributed by atoms with van der Waals surface area (Å²) in [7, 11) is 0. The predicted octanol–water partition coefficient (Wildman–Crippen LogP) is 4.35. The second kappa shape index (κ2) is 6.79. The second-order valence-electron chi connectivity index (χ2n) is 5.08. The summed E-state index contributed by atoms with van der Waals surface area (Å²) < 4.78 is 27.3. The minimum atomic E-state index is -0.423. The fraction of sp³-hybridized carbons (Fsp3) is 0.312. The predicted molar refractivity (Wildman–Crippen MR) is 86.4 cm³/mol. The van der Waals surface area contributed by atoms with E-state index >= 15 is 0 Å². The maximum atomic E-state index is 13.9. The third-order valence-corrected chi connectivity index (χ3v) is 5.83. The van der Waals surface area contributed by atoms with Crippen molar-refractivity contribution in [3.05, 3.63) is 57.8 Å². The van der Waals surface area contributed by atoms with Crippen molar-refractivity contribution in [2.75, 3.05) is 18.8 Å². The molecule has 0 spiro atoms. The van der Waals surface area contributed by atoms with Crippen LogP contribution in [0.1, 0.15) is 26.9 Å². The monoisotopic (exact) mass is 339 g/mol. The van der Waals surface area contributed by atoms with Crippen LogP contribution in [-0.2, 0) is 0 Å². The third-order valence-electron chi connectivity index (χ3n) is 3.67. The largest absolute Gasteiger partial charge is 0.337 e. The topological polar surface area (TPSA) is 20.3 Å². The zero-order chi connectivity index (χ0) is 15.5. The Morgan fingerprint density at radius 1 is 1.23 bits per heavy atom. The molecule has 3 rings (SSSR count). The van der Waals surface area contributed by atoms with E-state index in [0.717, 1.165) is 16.7 Å². The first-order valence-corrected chi connectivity index (χ1v) is 8.97. The molecule has 1 amide bonds. The lowest BCUT2D eigenvalue weighted by molar-refractivity contribution is 0.0771. The quantitative estimate of drug-likeness (QED) is 0.811. The van der Waals surface area contributed by atoms with Crippen molar-refractivity contribution < 1.29 is 13.6 Å². The minimum absolute atomic E-state index is 0.0240. The van der Waals surface area contributed by atoms with Crippen LogP contribution in [-0.4, -0.2) is 29.6 Å². The molecule has 6 heteroatoms. The molecule has 1 fully saturated rings. The van der Waals surface area contributed by atoms with Crippen LogP contribution in [0.4, 0.5) is 8.78 Å². The summed E-state index contributed by atoms with van der Waals surface area (Å²) in [5.41, 5.74) is 0.399. The Morgan fingerprint density at radius 3 is 2.86 bits per heavy atom. The van der Waals surface area contributed by atoms with Gasteiger partial charge >= 0.3 is 0 Å². The van der Waals surface area contributed by atoms with Gasteiger partial charge in [-0.2, -0.15) is 11.8 Å². The van der Waals surface area contributed by atoms with Gasteiger partial charge in [-0.3, -0.25) is 4.79 Å². The number of carbonyl (C=O) groups is 1. The van der Waals surface area contributed by atoms with Gasteiger partial charge < -0.3 is 4.90 Å². The van der Waals surface area contributed by atoms with E-state index in [1.807, 2.05) is 17.5 Å². The van der Waals surface area contributed by atoms with Crippen molar-refractivity contribution >= 4 is 29.0 Å². The van der Waals surface area contributed by atoms with Crippen molar-refractivity contribution in [2.45, 2.75) is 11.7 Å². The summed E-state index contributed by atoms with van der Waals surface area (Å²) in [6.07, 6.45) is 0.627. The molecule has 1 unspecified atom stereocenters. The van der Waals surface area contributed by atoms with Gasteiger partial charge in [-0.15, -0.1) is 11.3 Å². The molecule has 2 heterocycles. The Kier molecular flexibility index (Phi) is 4.78. The lowest BCUT2D eigenvalue weighted by Gasteiger charge is -2.19. The molecule has 2 nitrogen and oxygen atoms in total. The number of carbonyl (C=O) groups excluding carboxylic acids is 1. The van der Waals surface area contributed by atoms with Crippen LogP contribution in [0, 0.1) is 11.6 Å². The first kappa shape index (κ1) is 15.5. The molecule has 0 bridgehead atoms. The fourth-order valence-corrected chi connectivity index (χ4v) is 4.47. The molecule has 1 aliphatic heterocycles. The fourth-order valence-electron chi connectivity index (χ4n) is 2.54. The molecule has 1 aromatic heterocycles. The minimum Gasteiger partial charge on any atom is -0.337 e. The van der Waals surface area contributed by atoms with Gasteiger partial charge in [-0.25, -0.2) is 8.78 Å². The van der Waals surface area contributed by atoms with Gasteiger partial charge in [-0.1, -0.05) is 6.07 Å². The molecule has 2 aromatic rings. The maximum Gasteiger partial charge on any atom is 0.263 e. The highest BCUT2D eigenvalue weighted by Gasteiger charge is 2.25. The van der Waals surface area contributed by atoms with Gasteiger partial charge in [0.2, 0.25) is 0 Å². The molecule has 1 saturated heterocycles. The number of halogens is 2. The normalized spacial score (nSPS) is 19.0. The van der Waals surface area contributed by atoms with Crippen LogP contribution in [0.5, 0.6) is 0 Å². The molecule has 1 aliphatic rings.